The van der Waals surface area contributed by atoms with E-state index >= 15 is 0 Å². The summed E-state index contributed by atoms with van der Waals surface area (Å²) in [5, 5.41) is 1.31. The monoisotopic (exact) mass is 349 g/mol. The van der Waals surface area contributed by atoms with Gasteiger partial charge in [-0.25, -0.2) is 0 Å². The van der Waals surface area contributed by atoms with Crippen molar-refractivity contribution in [1.82, 2.24) is 9.47 Å². The minimum atomic E-state index is 0.0173. The lowest BCUT2D eigenvalue weighted by molar-refractivity contribution is -0.133. The number of piperidine rings is 1. The zero-order chi connectivity index (χ0) is 18.1. The Morgan fingerprint density at radius 2 is 1.50 bits per heavy atom. The molecule has 1 aromatic heterocycles. The van der Waals surface area contributed by atoms with Crippen LogP contribution >= 0.6 is 0 Å². The third-order valence-corrected chi connectivity index (χ3v) is 5.47. The molecule has 0 spiro atoms. The van der Waals surface area contributed by atoms with Gasteiger partial charge in [0.15, 0.2) is 5.43 Å². The molecule has 0 unspecified atom stereocenters. The highest BCUT2D eigenvalue weighted by Gasteiger charge is 2.23. The number of para-hydroxylation sites is 2. The summed E-state index contributed by atoms with van der Waals surface area (Å²) >= 11 is 0. The first-order valence-corrected chi connectivity index (χ1v) is 9.17. The standard InChI is InChI=1S/C21H23N3O2/c22-13-15-9-11-23(12-10-15)20(25)14-24-18-7-3-1-5-16(18)21(26)17-6-2-4-8-19(17)24/h1-8,15H,9-14,22H2. The second-order valence-corrected chi connectivity index (χ2v) is 7.01. The number of carbonyl (C=O) groups is 1. The van der Waals surface area contributed by atoms with Crippen LogP contribution in [-0.4, -0.2) is 35.0 Å². The van der Waals surface area contributed by atoms with Gasteiger partial charge >= 0.3 is 0 Å². The number of amides is 1. The van der Waals surface area contributed by atoms with Crippen LogP contribution in [0.15, 0.2) is 53.3 Å². The summed E-state index contributed by atoms with van der Waals surface area (Å²) in [6.45, 7) is 2.46. The van der Waals surface area contributed by atoms with Crippen LogP contribution in [-0.2, 0) is 11.3 Å². The Morgan fingerprint density at radius 3 is 2.04 bits per heavy atom. The lowest BCUT2D eigenvalue weighted by Gasteiger charge is -2.32. The summed E-state index contributed by atoms with van der Waals surface area (Å²) in [6.07, 6.45) is 1.93. The van der Waals surface area contributed by atoms with Gasteiger partial charge in [0.25, 0.3) is 0 Å². The minimum absolute atomic E-state index is 0.0173. The maximum atomic E-state index is 12.9. The fraction of sp³-hybridized carbons (Fsp3) is 0.333. The number of pyridine rings is 1. The number of hydrogen-bond acceptors (Lipinski definition) is 3. The average Bonchev–Trinajstić information content (AvgIpc) is 2.71. The average molecular weight is 349 g/mol. The van der Waals surface area contributed by atoms with E-state index in [0.29, 0.717) is 23.2 Å². The zero-order valence-electron chi connectivity index (χ0n) is 14.7. The largest absolute Gasteiger partial charge is 0.341 e. The van der Waals surface area contributed by atoms with Gasteiger partial charge in [0.2, 0.25) is 5.91 Å². The quantitative estimate of drug-likeness (QED) is 0.738. The molecular weight excluding hydrogens is 326 g/mol. The number of rotatable bonds is 3. The fourth-order valence-electron chi connectivity index (χ4n) is 3.90. The number of fused-ring (bicyclic) bond motifs is 2. The smallest absolute Gasteiger partial charge is 0.242 e. The van der Waals surface area contributed by atoms with Crippen molar-refractivity contribution in [2.24, 2.45) is 11.7 Å². The first-order chi connectivity index (χ1) is 12.7. The Kier molecular flexibility index (Phi) is 4.47. The highest BCUT2D eigenvalue weighted by atomic mass is 16.2. The molecule has 1 aliphatic rings. The van der Waals surface area contributed by atoms with Crippen molar-refractivity contribution in [1.29, 1.82) is 0 Å². The van der Waals surface area contributed by atoms with Gasteiger partial charge in [-0.2, -0.15) is 0 Å². The van der Waals surface area contributed by atoms with Crippen LogP contribution in [0.3, 0.4) is 0 Å². The number of aromatic nitrogens is 1. The van der Waals surface area contributed by atoms with Crippen molar-refractivity contribution < 1.29 is 4.79 Å². The van der Waals surface area contributed by atoms with E-state index in [9.17, 15) is 9.59 Å². The normalized spacial score (nSPS) is 15.7. The fourth-order valence-corrected chi connectivity index (χ4v) is 3.90. The molecule has 26 heavy (non-hydrogen) atoms. The molecule has 1 aliphatic heterocycles. The van der Waals surface area contributed by atoms with Gasteiger partial charge in [-0.15, -0.1) is 0 Å². The molecule has 1 fully saturated rings. The lowest BCUT2D eigenvalue weighted by Crippen LogP contribution is -2.41. The van der Waals surface area contributed by atoms with Gasteiger partial charge in [0.1, 0.15) is 6.54 Å². The topological polar surface area (TPSA) is 68.3 Å². The third kappa shape index (κ3) is 2.88. The predicted octanol–water partition coefficient (Wildman–Crippen LogP) is 2.35. The first-order valence-electron chi connectivity index (χ1n) is 9.17. The van der Waals surface area contributed by atoms with E-state index in [1.54, 1.807) is 0 Å². The Bertz CT molecular complexity index is 957. The summed E-state index contributed by atoms with van der Waals surface area (Å²) in [6, 6.07) is 15.0. The van der Waals surface area contributed by atoms with Gasteiger partial charge in [0.05, 0.1) is 11.0 Å². The van der Waals surface area contributed by atoms with E-state index in [2.05, 4.69) is 0 Å². The molecule has 1 saturated heterocycles. The van der Waals surface area contributed by atoms with Crippen LogP contribution < -0.4 is 11.2 Å². The Morgan fingerprint density at radius 1 is 0.962 bits per heavy atom. The van der Waals surface area contributed by atoms with Gasteiger partial charge in [0, 0.05) is 23.9 Å². The number of nitrogens with zero attached hydrogens (tertiary/aromatic N) is 2. The van der Waals surface area contributed by atoms with E-state index in [0.717, 1.165) is 37.0 Å². The molecular formula is C21H23N3O2. The van der Waals surface area contributed by atoms with Gasteiger partial charge in [-0.05, 0) is 49.6 Å². The molecule has 5 nitrogen and oxygen atoms in total. The van der Waals surface area contributed by atoms with Crippen LogP contribution in [0.2, 0.25) is 0 Å². The molecule has 5 heteroatoms. The number of benzene rings is 2. The maximum absolute atomic E-state index is 12.9. The van der Waals surface area contributed by atoms with Crippen molar-refractivity contribution in [3.63, 3.8) is 0 Å². The van der Waals surface area contributed by atoms with Crippen LogP contribution in [0, 0.1) is 5.92 Å². The van der Waals surface area contributed by atoms with E-state index in [-0.39, 0.29) is 17.9 Å². The molecule has 0 bridgehead atoms. The number of nitrogens with two attached hydrogens (primary N) is 1. The number of carbonyl (C=O) groups excluding carboxylic acids is 1. The van der Waals surface area contributed by atoms with Crippen molar-refractivity contribution >= 4 is 27.7 Å². The van der Waals surface area contributed by atoms with Crippen LogP contribution in [0.4, 0.5) is 0 Å². The molecule has 0 saturated carbocycles. The Balaban J connectivity index is 1.74. The summed E-state index contributed by atoms with van der Waals surface area (Å²) < 4.78 is 1.98. The Hall–Kier alpha value is -2.66. The highest BCUT2D eigenvalue weighted by molar-refractivity contribution is 5.94. The van der Waals surface area contributed by atoms with Crippen LogP contribution in [0.1, 0.15) is 12.8 Å². The molecule has 0 aliphatic carbocycles. The minimum Gasteiger partial charge on any atom is -0.341 e. The van der Waals surface area contributed by atoms with E-state index in [4.69, 9.17) is 5.73 Å². The van der Waals surface area contributed by atoms with Gasteiger partial charge < -0.3 is 15.2 Å². The summed E-state index contributed by atoms with van der Waals surface area (Å²) in [4.78, 5) is 27.6. The second-order valence-electron chi connectivity index (χ2n) is 7.01. The Labute approximate surface area is 152 Å². The first kappa shape index (κ1) is 16.8. The van der Waals surface area contributed by atoms with Crippen molar-refractivity contribution in [2.45, 2.75) is 19.4 Å². The van der Waals surface area contributed by atoms with Gasteiger partial charge in [-0.3, -0.25) is 9.59 Å². The SMILES string of the molecule is NCC1CCN(C(=O)Cn2c3ccccc3c(=O)c3ccccc32)CC1. The lowest BCUT2D eigenvalue weighted by atomic mass is 9.97. The molecule has 3 aromatic rings. The van der Waals surface area contributed by atoms with E-state index in [1.807, 2.05) is 58.0 Å². The van der Waals surface area contributed by atoms with Crippen molar-refractivity contribution in [3.8, 4) is 0 Å². The maximum Gasteiger partial charge on any atom is 0.242 e. The zero-order valence-corrected chi connectivity index (χ0v) is 14.7. The number of likely N-dealkylation sites (tertiary alicyclic amines) is 1. The third-order valence-electron chi connectivity index (χ3n) is 5.47. The molecule has 2 heterocycles. The predicted molar refractivity (Wildman–Crippen MR) is 104 cm³/mol. The molecule has 1 amide bonds. The van der Waals surface area contributed by atoms with E-state index < -0.39 is 0 Å². The van der Waals surface area contributed by atoms with E-state index in [1.165, 1.54) is 0 Å². The number of hydrogen-bond donors (Lipinski definition) is 1. The summed E-state index contributed by atoms with van der Waals surface area (Å²) in [7, 11) is 0. The second kappa shape index (κ2) is 6.92. The molecule has 4 rings (SSSR count). The molecule has 2 aromatic carbocycles. The van der Waals surface area contributed by atoms with Crippen LogP contribution in [0.25, 0.3) is 21.8 Å². The van der Waals surface area contributed by atoms with Crippen LogP contribution in [0.5, 0.6) is 0 Å². The summed E-state index contributed by atoms with van der Waals surface area (Å²) in [5.41, 5.74) is 7.38. The molecule has 134 valence electrons. The highest BCUT2D eigenvalue weighted by Crippen LogP contribution is 2.21. The molecule has 2 N–H and O–H groups in total. The van der Waals surface area contributed by atoms with Crippen molar-refractivity contribution in [2.75, 3.05) is 19.6 Å². The van der Waals surface area contributed by atoms with Crippen molar-refractivity contribution in [3.05, 3.63) is 58.8 Å². The summed E-state index contributed by atoms with van der Waals surface area (Å²) in [5.74, 6) is 0.618. The molecule has 0 radical (unpaired) electrons. The molecule has 0 atom stereocenters. The van der Waals surface area contributed by atoms with Gasteiger partial charge in [-0.1, -0.05) is 24.3 Å².